The minimum Gasteiger partial charge on any atom is -0.462 e. The molecule has 0 saturated heterocycles. The van der Waals surface area contributed by atoms with Crippen molar-refractivity contribution in [1.82, 2.24) is 10.2 Å². The first-order valence-corrected chi connectivity index (χ1v) is 6.83. The lowest BCUT2D eigenvalue weighted by Gasteiger charge is -2.35. The average molecular weight is 266 g/mol. The number of ether oxygens (including phenoxy) is 1. The zero-order valence-corrected chi connectivity index (χ0v) is 12.1. The number of carbonyl (C=O) groups is 1. The van der Waals surface area contributed by atoms with Crippen molar-refractivity contribution in [1.29, 1.82) is 0 Å². The molecule has 5 nitrogen and oxygen atoms in total. The Labute approximate surface area is 113 Å². The van der Waals surface area contributed by atoms with Crippen molar-refractivity contribution in [2.24, 2.45) is 11.3 Å². The Morgan fingerprint density at radius 3 is 2.37 bits per heavy atom. The van der Waals surface area contributed by atoms with E-state index in [-0.39, 0.29) is 11.8 Å². The van der Waals surface area contributed by atoms with Gasteiger partial charge in [0.05, 0.1) is 7.11 Å². The third-order valence-corrected chi connectivity index (χ3v) is 4.10. The molecule has 0 aliphatic heterocycles. The van der Waals surface area contributed by atoms with E-state index in [0.29, 0.717) is 11.3 Å². The molecule has 1 aromatic rings. The van der Waals surface area contributed by atoms with Gasteiger partial charge < -0.3 is 9.15 Å². The van der Waals surface area contributed by atoms with Crippen LogP contribution in [0.5, 0.6) is 0 Å². The van der Waals surface area contributed by atoms with Crippen molar-refractivity contribution < 1.29 is 13.9 Å². The molecular weight excluding hydrogens is 244 g/mol. The van der Waals surface area contributed by atoms with Gasteiger partial charge in [-0.15, -0.1) is 10.2 Å². The van der Waals surface area contributed by atoms with Gasteiger partial charge >= 0.3 is 11.9 Å². The zero-order chi connectivity index (χ0) is 14.0. The highest BCUT2D eigenvalue weighted by Gasteiger charge is 2.32. The van der Waals surface area contributed by atoms with Crippen LogP contribution in [0, 0.1) is 11.3 Å². The van der Waals surface area contributed by atoms with Gasteiger partial charge in [0.1, 0.15) is 0 Å². The maximum absolute atomic E-state index is 11.3. The number of methoxy groups -OCH3 is 1. The second-order valence-electron chi connectivity index (χ2n) is 6.35. The summed E-state index contributed by atoms with van der Waals surface area (Å²) in [6, 6.07) is 0. The summed E-state index contributed by atoms with van der Waals surface area (Å²) in [5.74, 6) is 0.988. The van der Waals surface area contributed by atoms with Crippen molar-refractivity contribution in [3.63, 3.8) is 0 Å². The van der Waals surface area contributed by atoms with Crippen molar-refractivity contribution in [2.45, 2.75) is 52.4 Å². The van der Waals surface area contributed by atoms with E-state index in [0.717, 1.165) is 18.8 Å². The van der Waals surface area contributed by atoms with E-state index in [1.165, 1.54) is 20.0 Å². The van der Waals surface area contributed by atoms with Crippen molar-refractivity contribution in [3.05, 3.63) is 11.8 Å². The van der Waals surface area contributed by atoms with Gasteiger partial charge in [-0.2, -0.15) is 0 Å². The van der Waals surface area contributed by atoms with Crippen LogP contribution in [-0.2, 0) is 4.74 Å². The lowest BCUT2D eigenvalue weighted by atomic mass is 9.70. The summed E-state index contributed by atoms with van der Waals surface area (Å²) in [5, 5.41) is 7.72. The van der Waals surface area contributed by atoms with Crippen LogP contribution in [-0.4, -0.2) is 23.3 Å². The van der Waals surface area contributed by atoms with Crippen LogP contribution in [0.15, 0.2) is 4.42 Å². The molecule has 0 radical (unpaired) electrons. The molecular formula is C14H22N2O3. The van der Waals surface area contributed by atoms with Gasteiger partial charge in [-0.1, -0.05) is 20.8 Å². The average Bonchev–Trinajstić information content (AvgIpc) is 2.86. The quantitative estimate of drug-likeness (QED) is 0.769. The molecule has 1 aliphatic carbocycles. The lowest BCUT2D eigenvalue weighted by Crippen LogP contribution is -2.25. The molecule has 0 unspecified atom stereocenters. The maximum Gasteiger partial charge on any atom is 0.396 e. The molecule has 1 fully saturated rings. The van der Waals surface area contributed by atoms with Crippen molar-refractivity contribution in [2.75, 3.05) is 7.11 Å². The Bertz CT molecular complexity index is 440. The highest BCUT2D eigenvalue weighted by molar-refractivity contribution is 5.83. The molecule has 19 heavy (non-hydrogen) atoms. The number of esters is 1. The molecule has 0 amide bonds. The van der Waals surface area contributed by atoms with Crippen LogP contribution in [0.3, 0.4) is 0 Å². The first-order chi connectivity index (χ1) is 8.91. The largest absolute Gasteiger partial charge is 0.462 e. The molecule has 0 aromatic carbocycles. The third-order valence-electron chi connectivity index (χ3n) is 4.10. The third kappa shape index (κ3) is 3.14. The number of nitrogens with zero attached hydrogens (tertiary/aromatic N) is 2. The van der Waals surface area contributed by atoms with E-state index in [1.54, 1.807) is 0 Å². The van der Waals surface area contributed by atoms with E-state index < -0.39 is 5.97 Å². The highest BCUT2D eigenvalue weighted by atomic mass is 16.5. The van der Waals surface area contributed by atoms with Gasteiger partial charge in [0.15, 0.2) is 0 Å². The van der Waals surface area contributed by atoms with Crippen LogP contribution < -0.4 is 0 Å². The molecule has 5 heteroatoms. The SMILES string of the molecule is COC(=O)c1nnc(C2CCC(C(C)(C)C)CC2)o1. The summed E-state index contributed by atoms with van der Waals surface area (Å²) >= 11 is 0. The van der Waals surface area contributed by atoms with E-state index in [9.17, 15) is 4.79 Å². The van der Waals surface area contributed by atoms with Crippen LogP contribution in [0.1, 0.15) is 68.9 Å². The molecule has 1 saturated carbocycles. The fourth-order valence-electron chi connectivity index (χ4n) is 2.78. The Morgan fingerprint density at radius 2 is 1.84 bits per heavy atom. The number of carbonyl (C=O) groups excluding carboxylic acids is 1. The topological polar surface area (TPSA) is 65.2 Å². The Kier molecular flexibility index (Phi) is 3.92. The summed E-state index contributed by atoms with van der Waals surface area (Å²) in [4.78, 5) is 11.3. The molecule has 2 rings (SSSR count). The maximum atomic E-state index is 11.3. The molecule has 0 bridgehead atoms. The number of hydrogen-bond donors (Lipinski definition) is 0. The van der Waals surface area contributed by atoms with Gasteiger partial charge in [-0.3, -0.25) is 0 Å². The summed E-state index contributed by atoms with van der Waals surface area (Å²) < 4.78 is 9.96. The molecule has 1 heterocycles. The molecule has 106 valence electrons. The van der Waals surface area contributed by atoms with E-state index >= 15 is 0 Å². The molecule has 0 spiro atoms. The van der Waals surface area contributed by atoms with Crippen LogP contribution in [0.25, 0.3) is 0 Å². The fraction of sp³-hybridized carbons (Fsp3) is 0.786. The number of rotatable bonds is 2. The van der Waals surface area contributed by atoms with E-state index in [2.05, 4.69) is 35.7 Å². The fourth-order valence-corrected chi connectivity index (χ4v) is 2.78. The van der Waals surface area contributed by atoms with E-state index in [1.807, 2.05) is 0 Å². The Hall–Kier alpha value is -1.39. The summed E-state index contributed by atoms with van der Waals surface area (Å²) in [5.41, 5.74) is 0.358. The van der Waals surface area contributed by atoms with Crippen molar-refractivity contribution >= 4 is 5.97 Å². The van der Waals surface area contributed by atoms with Gasteiger partial charge in [0.2, 0.25) is 5.89 Å². The van der Waals surface area contributed by atoms with Gasteiger partial charge in [0, 0.05) is 5.92 Å². The molecule has 1 aromatic heterocycles. The molecule has 0 atom stereocenters. The number of aromatic nitrogens is 2. The van der Waals surface area contributed by atoms with Crippen LogP contribution in [0.4, 0.5) is 0 Å². The standard InChI is InChI=1S/C14H22N2O3/c1-14(2,3)10-7-5-9(6-8-10)11-15-16-12(19-11)13(17)18-4/h9-10H,5-8H2,1-4H3. The van der Waals surface area contributed by atoms with Crippen molar-refractivity contribution in [3.8, 4) is 0 Å². The molecule has 0 N–H and O–H groups in total. The zero-order valence-electron chi connectivity index (χ0n) is 12.1. The predicted molar refractivity (Wildman–Crippen MR) is 69.8 cm³/mol. The molecule has 1 aliphatic rings. The predicted octanol–water partition coefficient (Wildman–Crippen LogP) is 3.18. The first-order valence-electron chi connectivity index (χ1n) is 6.83. The summed E-state index contributed by atoms with van der Waals surface area (Å²) in [7, 11) is 1.31. The van der Waals surface area contributed by atoms with Gasteiger partial charge in [0.25, 0.3) is 0 Å². The second-order valence-corrected chi connectivity index (χ2v) is 6.35. The Morgan fingerprint density at radius 1 is 1.21 bits per heavy atom. The first kappa shape index (κ1) is 14.0. The van der Waals surface area contributed by atoms with E-state index in [4.69, 9.17) is 4.42 Å². The number of hydrogen-bond acceptors (Lipinski definition) is 5. The Balaban J connectivity index is 1.98. The normalized spacial score (nSPS) is 24.2. The minimum absolute atomic E-state index is 0.0459. The van der Waals surface area contributed by atoms with Crippen LogP contribution in [0.2, 0.25) is 0 Å². The summed E-state index contributed by atoms with van der Waals surface area (Å²) in [6.07, 6.45) is 4.43. The smallest absolute Gasteiger partial charge is 0.396 e. The van der Waals surface area contributed by atoms with Crippen LogP contribution >= 0.6 is 0 Å². The second kappa shape index (κ2) is 5.31. The minimum atomic E-state index is -0.567. The lowest BCUT2D eigenvalue weighted by molar-refractivity contribution is 0.0552. The monoisotopic (exact) mass is 266 g/mol. The highest BCUT2D eigenvalue weighted by Crippen LogP contribution is 2.42. The van der Waals surface area contributed by atoms with Gasteiger partial charge in [-0.05, 0) is 37.0 Å². The summed E-state index contributed by atoms with van der Waals surface area (Å²) in [6.45, 7) is 6.88. The van der Waals surface area contributed by atoms with Gasteiger partial charge in [-0.25, -0.2) is 4.79 Å².